The van der Waals surface area contributed by atoms with Gasteiger partial charge in [-0.25, -0.2) is 0 Å². The average molecular weight is 658 g/mol. The molecule has 0 bridgehead atoms. The fourth-order valence-corrected chi connectivity index (χ4v) is 9.03. The van der Waals surface area contributed by atoms with Crippen LogP contribution in [-0.2, 0) is 10.8 Å². The van der Waals surface area contributed by atoms with E-state index in [2.05, 4.69) is 198 Å². The number of fused-ring (bicyclic) bond motifs is 6. The zero-order chi connectivity index (χ0) is 35.1. The molecule has 9 rings (SSSR count). The SMILES string of the molecule is Cc1cc(-c2ccc(-c3ccccc3)cc2)cc(C)c1N(c1ccc2c(c1)C(C)(C)c1ccccc1-2)c1ccc2c(c1)C(C)(C)c1ccccc1-2. The minimum absolute atomic E-state index is 0.0883. The Labute approximate surface area is 302 Å². The Hall–Kier alpha value is -5.66. The molecule has 0 heterocycles. The van der Waals surface area contributed by atoms with Crippen LogP contribution in [0.1, 0.15) is 61.1 Å². The lowest BCUT2D eigenvalue weighted by Gasteiger charge is -2.32. The first-order chi connectivity index (χ1) is 24.6. The summed E-state index contributed by atoms with van der Waals surface area (Å²) in [6.07, 6.45) is 0. The van der Waals surface area contributed by atoms with Gasteiger partial charge in [-0.1, -0.05) is 143 Å². The minimum atomic E-state index is -0.0883. The average Bonchev–Trinajstić information content (AvgIpc) is 3.52. The molecule has 2 aliphatic carbocycles. The highest BCUT2D eigenvalue weighted by molar-refractivity contribution is 5.90. The van der Waals surface area contributed by atoms with Crippen molar-refractivity contribution in [3.05, 3.63) is 185 Å². The fraction of sp³-hybridized carbons (Fsp3) is 0.160. The van der Waals surface area contributed by atoms with Crippen LogP contribution < -0.4 is 4.90 Å². The van der Waals surface area contributed by atoms with Crippen LogP contribution in [-0.4, -0.2) is 0 Å². The van der Waals surface area contributed by atoms with E-state index in [1.807, 2.05) is 0 Å². The molecule has 0 aliphatic heterocycles. The summed E-state index contributed by atoms with van der Waals surface area (Å²) in [5.74, 6) is 0. The Balaban J connectivity index is 1.20. The standard InChI is InChI=1S/C50H43N/c1-32-28-37(36-22-20-35(21-23-36)34-14-8-7-9-15-34)29-33(2)48(32)51(38-24-26-42-40-16-10-12-18-44(40)49(3,4)46(42)30-38)39-25-27-43-41-17-11-13-19-45(41)50(5,6)47(43)31-39/h7-31H,1-6H3. The van der Waals surface area contributed by atoms with Crippen LogP contribution in [0.25, 0.3) is 44.5 Å². The summed E-state index contributed by atoms with van der Waals surface area (Å²) < 4.78 is 0. The van der Waals surface area contributed by atoms with Crippen LogP contribution in [0.3, 0.4) is 0 Å². The van der Waals surface area contributed by atoms with Crippen LogP contribution >= 0.6 is 0 Å². The second kappa shape index (κ2) is 11.4. The van der Waals surface area contributed by atoms with Gasteiger partial charge in [0.2, 0.25) is 0 Å². The minimum Gasteiger partial charge on any atom is -0.310 e. The zero-order valence-corrected chi connectivity index (χ0v) is 30.4. The van der Waals surface area contributed by atoms with Gasteiger partial charge < -0.3 is 4.90 Å². The Bertz CT molecular complexity index is 2350. The molecular formula is C50H43N. The molecule has 0 radical (unpaired) electrons. The van der Waals surface area contributed by atoms with E-state index >= 15 is 0 Å². The molecule has 0 saturated carbocycles. The van der Waals surface area contributed by atoms with Gasteiger partial charge in [0, 0.05) is 22.2 Å². The van der Waals surface area contributed by atoms with Gasteiger partial charge in [0.05, 0.1) is 5.69 Å². The topological polar surface area (TPSA) is 3.24 Å². The predicted molar refractivity (Wildman–Crippen MR) is 217 cm³/mol. The second-order valence-corrected chi connectivity index (χ2v) is 15.5. The molecule has 2 aliphatic rings. The van der Waals surface area contributed by atoms with Crippen molar-refractivity contribution in [2.75, 3.05) is 4.90 Å². The molecule has 1 heteroatoms. The number of nitrogens with zero attached hydrogens (tertiary/aromatic N) is 1. The van der Waals surface area contributed by atoms with E-state index in [-0.39, 0.29) is 10.8 Å². The summed E-state index contributed by atoms with van der Waals surface area (Å²) in [6.45, 7) is 14.0. The molecule has 0 atom stereocenters. The van der Waals surface area contributed by atoms with Crippen LogP contribution in [0.2, 0.25) is 0 Å². The van der Waals surface area contributed by atoms with Crippen molar-refractivity contribution < 1.29 is 0 Å². The van der Waals surface area contributed by atoms with Crippen molar-refractivity contribution in [2.45, 2.75) is 52.4 Å². The Morgan fingerprint density at radius 3 is 1.24 bits per heavy atom. The number of benzene rings is 7. The number of anilines is 3. The predicted octanol–water partition coefficient (Wildman–Crippen LogP) is 13.7. The van der Waals surface area contributed by atoms with E-state index < -0.39 is 0 Å². The smallest absolute Gasteiger partial charge is 0.0520 e. The van der Waals surface area contributed by atoms with Gasteiger partial charge in [-0.05, 0) is 128 Å². The molecule has 51 heavy (non-hydrogen) atoms. The van der Waals surface area contributed by atoms with Gasteiger partial charge in [0.25, 0.3) is 0 Å². The molecule has 7 aromatic rings. The van der Waals surface area contributed by atoms with Crippen LogP contribution in [0.5, 0.6) is 0 Å². The largest absolute Gasteiger partial charge is 0.310 e. The summed E-state index contributed by atoms with van der Waals surface area (Å²) in [5, 5.41) is 0. The molecule has 7 aromatic carbocycles. The van der Waals surface area contributed by atoms with E-state index in [0.29, 0.717) is 0 Å². The first kappa shape index (κ1) is 31.3. The number of hydrogen-bond donors (Lipinski definition) is 0. The van der Waals surface area contributed by atoms with Crippen LogP contribution in [0.15, 0.2) is 152 Å². The summed E-state index contributed by atoms with van der Waals surface area (Å²) in [4.78, 5) is 2.52. The Morgan fingerprint density at radius 2 is 0.745 bits per heavy atom. The van der Waals surface area contributed by atoms with Gasteiger partial charge in [-0.15, -0.1) is 0 Å². The highest BCUT2D eigenvalue weighted by Gasteiger charge is 2.38. The summed E-state index contributed by atoms with van der Waals surface area (Å²) in [6, 6.07) is 56.5. The van der Waals surface area contributed by atoms with Gasteiger partial charge in [-0.3, -0.25) is 0 Å². The number of rotatable bonds is 5. The van der Waals surface area contributed by atoms with Crippen molar-refractivity contribution in [2.24, 2.45) is 0 Å². The zero-order valence-electron chi connectivity index (χ0n) is 30.4. The third-order valence-corrected chi connectivity index (χ3v) is 11.7. The summed E-state index contributed by atoms with van der Waals surface area (Å²) in [7, 11) is 0. The van der Waals surface area contributed by atoms with Gasteiger partial charge in [0.15, 0.2) is 0 Å². The van der Waals surface area contributed by atoms with E-state index in [1.54, 1.807) is 0 Å². The second-order valence-electron chi connectivity index (χ2n) is 15.5. The normalized spacial score (nSPS) is 14.4. The van der Waals surface area contributed by atoms with Crippen LogP contribution in [0, 0.1) is 13.8 Å². The lowest BCUT2D eigenvalue weighted by atomic mass is 9.82. The van der Waals surface area contributed by atoms with Gasteiger partial charge in [-0.2, -0.15) is 0 Å². The van der Waals surface area contributed by atoms with Crippen molar-refractivity contribution in [1.82, 2.24) is 0 Å². The third kappa shape index (κ3) is 4.83. The molecular weight excluding hydrogens is 615 g/mol. The van der Waals surface area contributed by atoms with E-state index in [4.69, 9.17) is 0 Å². The Kier molecular flexibility index (Phi) is 7.03. The molecule has 1 nitrogen and oxygen atoms in total. The first-order valence-electron chi connectivity index (χ1n) is 18.2. The third-order valence-electron chi connectivity index (χ3n) is 11.7. The lowest BCUT2D eigenvalue weighted by molar-refractivity contribution is 0.660. The number of hydrogen-bond acceptors (Lipinski definition) is 1. The van der Waals surface area contributed by atoms with Gasteiger partial charge in [0.1, 0.15) is 0 Å². The van der Waals surface area contributed by atoms with Crippen molar-refractivity contribution in [1.29, 1.82) is 0 Å². The van der Waals surface area contributed by atoms with Crippen molar-refractivity contribution in [3.63, 3.8) is 0 Å². The molecule has 0 unspecified atom stereocenters. The molecule has 0 aromatic heterocycles. The number of aryl methyl sites for hydroxylation is 2. The fourth-order valence-electron chi connectivity index (χ4n) is 9.03. The summed E-state index contributed by atoms with van der Waals surface area (Å²) >= 11 is 0. The van der Waals surface area contributed by atoms with E-state index in [1.165, 1.54) is 95.0 Å². The monoisotopic (exact) mass is 657 g/mol. The maximum Gasteiger partial charge on any atom is 0.0520 e. The Morgan fingerprint density at radius 1 is 0.353 bits per heavy atom. The quantitative estimate of drug-likeness (QED) is 0.178. The lowest BCUT2D eigenvalue weighted by Crippen LogP contribution is -2.18. The highest BCUT2D eigenvalue weighted by Crippen LogP contribution is 2.53. The van der Waals surface area contributed by atoms with E-state index in [9.17, 15) is 0 Å². The molecule has 0 spiro atoms. The molecule has 0 fully saturated rings. The van der Waals surface area contributed by atoms with Crippen LogP contribution in [0.4, 0.5) is 17.1 Å². The molecule has 0 N–H and O–H groups in total. The summed E-state index contributed by atoms with van der Waals surface area (Å²) in [5.41, 5.74) is 21.8. The van der Waals surface area contributed by atoms with Gasteiger partial charge >= 0.3 is 0 Å². The first-order valence-corrected chi connectivity index (χ1v) is 18.2. The molecule has 0 saturated heterocycles. The van der Waals surface area contributed by atoms with Crippen molar-refractivity contribution in [3.8, 4) is 44.5 Å². The van der Waals surface area contributed by atoms with E-state index in [0.717, 1.165) is 0 Å². The maximum atomic E-state index is 2.52. The highest BCUT2D eigenvalue weighted by atomic mass is 15.1. The molecule has 248 valence electrons. The maximum absolute atomic E-state index is 2.52. The van der Waals surface area contributed by atoms with Crippen molar-refractivity contribution >= 4 is 17.1 Å². The molecule has 0 amide bonds.